The van der Waals surface area contributed by atoms with Crippen molar-refractivity contribution < 1.29 is 43.2 Å². The van der Waals surface area contributed by atoms with Crippen molar-refractivity contribution in [2.75, 3.05) is 27.9 Å². The van der Waals surface area contributed by atoms with Gasteiger partial charge < -0.3 is 28.8 Å². The molecule has 6 atom stereocenters. The Morgan fingerprint density at radius 2 is 1.88 bits per heavy atom. The van der Waals surface area contributed by atoms with Gasteiger partial charge in [0.15, 0.2) is 12.4 Å². The lowest BCUT2D eigenvalue weighted by molar-refractivity contribution is -0.398. The highest BCUT2D eigenvalue weighted by Gasteiger charge is 2.60. The largest absolute Gasteiger partial charge is 0.456 e. The molecule has 2 saturated heterocycles. The van der Waals surface area contributed by atoms with Gasteiger partial charge in [0.05, 0.1) is 25.6 Å². The van der Waals surface area contributed by atoms with E-state index in [-0.39, 0.29) is 13.0 Å². The molecule has 10 heteroatoms. The maximum absolute atomic E-state index is 12.8. The quantitative estimate of drug-likeness (QED) is 0.492. The Labute approximate surface area is 193 Å². The fourth-order valence-corrected chi connectivity index (χ4v) is 3.72. The summed E-state index contributed by atoms with van der Waals surface area (Å²) in [4.78, 5) is 30.3. The van der Waals surface area contributed by atoms with E-state index in [1.165, 1.54) is 21.3 Å². The zero-order valence-corrected chi connectivity index (χ0v) is 19.8. The van der Waals surface area contributed by atoms with Crippen LogP contribution < -0.4 is 0 Å². The number of hydrogen-bond acceptors (Lipinski definition) is 9. The molecule has 2 aliphatic rings. The van der Waals surface area contributed by atoms with Crippen LogP contribution in [0.4, 0.5) is 0 Å². The molecule has 0 saturated carbocycles. The Morgan fingerprint density at radius 3 is 2.45 bits per heavy atom. The SMILES string of the molecule is CON(C)C(=O)C[C@]1(OC)O[C@@H]2CO[C@@H](c3ccccc3)O[C@H]2[C@H](OC(=O)C(C)(C)C)[C@@H]1O. The number of benzene rings is 1. The van der Waals surface area contributed by atoms with E-state index in [0.717, 1.165) is 10.6 Å². The van der Waals surface area contributed by atoms with Crippen molar-refractivity contribution in [1.82, 2.24) is 5.06 Å². The van der Waals surface area contributed by atoms with Crippen molar-refractivity contribution in [3.8, 4) is 0 Å². The molecule has 0 bridgehead atoms. The maximum atomic E-state index is 12.8. The van der Waals surface area contributed by atoms with Crippen molar-refractivity contribution in [3.05, 3.63) is 35.9 Å². The molecule has 2 fully saturated rings. The Kier molecular flexibility index (Phi) is 7.77. The number of aliphatic hydroxyl groups is 1. The first-order valence-electron chi connectivity index (χ1n) is 10.8. The van der Waals surface area contributed by atoms with Crippen LogP contribution >= 0.6 is 0 Å². The molecule has 2 heterocycles. The zero-order valence-electron chi connectivity index (χ0n) is 19.8. The number of nitrogens with zero attached hydrogens (tertiary/aromatic N) is 1. The molecule has 1 N–H and O–H groups in total. The molecule has 2 aliphatic heterocycles. The summed E-state index contributed by atoms with van der Waals surface area (Å²) >= 11 is 0. The third-order valence-electron chi connectivity index (χ3n) is 5.79. The van der Waals surface area contributed by atoms with E-state index in [1.54, 1.807) is 20.8 Å². The smallest absolute Gasteiger partial charge is 0.311 e. The molecule has 0 unspecified atom stereocenters. The number of hydroxylamine groups is 2. The number of rotatable bonds is 6. The van der Waals surface area contributed by atoms with Crippen LogP contribution in [-0.4, -0.2) is 80.1 Å². The summed E-state index contributed by atoms with van der Waals surface area (Å²) in [6.07, 6.45) is -5.46. The summed E-state index contributed by atoms with van der Waals surface area (Å²) in [5.74, 6) is -2.85. The van der Waals surface area contributed by atoms with Gasteiger partial charge in [0, 0.05) is 19.7 Å². The third-order valence-corrected chi connectivity index (χ3v) is 5.79. The van der Waals surface area contributed by atoms with Gasteiger partial charge in [-0.3, -0.25) is 14.4 Å². The van der Waals surface area contributed by atoms with Crippen molar-refractivity contribution in [2.45, 2.75) is 63.7 Å². The average Bonchev–Trinajstić information content (AvgIpc) is 2.80. The van der Waals surface area contributed by atoms with Crippen molar-refractivity contribution in [1.29, 1.82) is 0 Å². The summed E-state index contributed by atoms with van der Waals surface area (Å²) in [5, 5.41) is 12.3. The molecule has 0 aromatic heterocycles. The predicted molar refractivity (Wildman–Crippen MR) is 114 cm³/mol. The predicted octanol–water partition coefficient (Wildman–Crippen LogP) is 1.57. The Bertz CT molecular complexity index is 827. The van der Waals surface area contributed by atoms with Gasteiger partial charge in [-0.15, -0.1) is 0 Å². The lowest BCUT2D eigenvalue weighted by atomic mass is 9.88. The number of methoxy groups -OCH3 is 1. The van der Waals surface area contributed by atoms with Crippen LogP contribution in [0.2, 0.25) is 0 Å². The lowest BCUT2D eigenvalue weighted by Crippen LogP contribution is -2.69. The van der Waals surface area contributed by atoms with Crippen molar-refractivity contribution in [3.63, 3.8) is 0 Å². The van der Waals surface area contributed by atoms with E-state index in [2.05, 4.69) is 0 Å². The van der Waals surface area contributed by atoms with Crippen molar-refractivity contribution >= 4 is 11.9 Å². The van der Waals surface area contributed by atoms with E-state index in [9.17, 15) is 14.7 Å². The lowest BCUT2D eigenvalue weighted by Gasteiger charge is -2.52. The first-order chi connectivity index (χ1) is 15.5. The highest BCUT2D eigenvalue weighted by atomic mass is 16.8. The van der Waals surface area contributed by atoms with Crippen LogP contribution in [0.1, 0.15) is 39.0 Å². The Morgan fingerprint density at radius 1 is 1.21 bits per heavy atom. The second kappa shape index (κ2) is 10.0. The number of aliphatic hydroxyl groups excluding tert-OH is 1. The monoisotopic (exact) mass is 467 g/mol. The topological polar surface area (TPSA) is 113 Å². The highest BCUT2D eigenvalue weighted by Crippen LogP contribution is 2.41. The second-order valence-electron chi connectivity index (χ2n) is 9.16. The molecular weight excluding hydrogens is 434 g/mol. The van der Waals surface area contributed by atoms with E-state index < -0.39 is 53.8 Å². The second-order valence-corrected chi connectivity index (χ2v) is 9.16. The summed E-state index contributed by atoms with van der Waals surface area (Å²) in [5.41, 5.74) is -0.0638. The van der Waals surface area contributed by atoms with Crippen LogP contribution in [-0.2, 0) is 38.1 Å². The van der Waals surface area contributed by atoms with Gasteiger partial charge in [-0.1, -0.05) is 30.3 Å². The molecule has 10 nitrogen and oxygen atoms in total. The standard InChI is InChI=1S/C23H33NO9/c1-22(2,3)21(27)32-18-17-15(13-30-20(31-17)14-10-8-7-9-11-14)33-23(28-5,19(18)26)12-16(25)24(4)29-6/h7-11,15,17-20,26H,12-13H2,1-6H3/t15-,17-,18+,19+,20-,23+/m1/s1. The van der Waals surface area contributed by atoms with Gasteiger partial charge in [-0.05, 0) is 20.8 Å². The summed E-state index contributed by atoms with van der Waals surface area (Å²) in [7, 11) is 4.08. The Balaban J connectivity index is 1.93. The third kappa shape index (κ3) is 5.37. The molecule has 0 spiro atoms. The van der Waals surface area contributed by atoms with E-state index in [0.29, 0.717) is 0 Å². The molecular formula is C23H33NO9. The number of carbonyl (C=O) groups is 2. The number of amides is 1. The minimum atomic E-state index is -1.81. The molecule has 1 aromatic rings. The molecule has 1 aromatic carbocycles. The van der Waals surface area contributed by atoms with Crippen LogP contribution in [0, 0.1) is 5.41 Å². The molecule has 0 aliphatic carbocycles. The normalized spacial score (nSPS) is 32.0. The summed E-state index contributed by atoms with van der Waals surface area (Å²) in [6.45, 7) is 5.18. The van der Waals surface area contributed by atoms with Crippen molar-refractivity contribution in [2.24, 2.45) is 5.41 Å². The van der Waals surface area contributed by atoms with Crippen LogP contribution in [0.15, 0.2) is 30.3 Å². The average molecular weight is 468 g/mol. The van der Waals surface area contributed by atoms with E-state index >= 15 is 0 Å². The van der Waals surface area contributed by atoms with Gasteiger partial charge in [0.25, 0.3) is 5.91 Å². The molecule has 1 amide bonds. The number of fused-ring (bicyclic) bond motifs is 1. The molecule has 0 radical (unpaired) electrons. The molecule has 184 valence electrons. The summed E-state index contributed by atoms with van der Waals surface area (Å²) in [6, 6.07) is 9.27. The van der Waals surface area contributed by atoms with Gasteiger partial charge in [-0.2, -0.15) is 0 Å². The van der Waals surface area contributed by atoms with E-state index in [4.69, 9.17) is 28.5 Å². The zero-order chi connectivity index (χ0) is 24.4. The highest BCUT2D eigenvalue weighted by molar-refractivity contribution is 5.76. The first kappa shape index (κ1) is 25.5. The maximum Gasteiger partial charge on any atom is 0.311 e. The fourth-order valence-electron chi connectivity index (χ4n) is 3.72. The Hall–Kier alpha value is -2.08. The first-order valence-corrected chi connectivity index (χ1v) is 10.8. The number of carbonyl (C=O) groups excluding carboxylic acids is 2. The van der Waals surface area contributed by atoms with Crippen LogP contribution in [0.25, 0.3) is 0 Å². The number of hydrogen-bond donors (Lipinski definition) is 1. The van der Waals surface area contributed by atoms with Crippen LogP contribution in [0.3, 0.4) is 0 Å². The minimum Gasteiger partial charge on any atom is -0.456 e. The van der Waals surface area contributed by atoms with Crippen LogP contribution in [0.5, 0.6) is 0 Å². The molecule has 3 rings (SSSR count). The number of ether oxygens (including phenoxy) is 5. The van der Waals surface area contributed by atoms with Gasteiger partial charge in [0.2, 0.25) is 5.79 Å². The van der Waals surface area contributed by atoms with Gasteiger partial charge >= 0.3 is 5.97 Å². The fraction of sp³-hybridized carbons (Fsp3) is 0.652. The van der Waals surface area contributed by atoms with E-state index in [1.807, 2.05) is 30.3 Å². The molecule has 33 heavy (non-hydrogen) atoms. The van der Waals surface area contributed by atoms with Gasteiger partial charge in [-0.25, -0.2) is 5.06 Å². The van der Waals surface area contributed by atoms with Gasteiger partial charge in [0.1, 0.15) is 18.3 Å². The number of esters is 1. The summed E-state index contributed by atoms with van der Waals surface area (Å²) < 4.78 is 29.3. The minimum absolute atomic E-state index is 0.0694.